The van der Waals surface area contributed by atoms with E-state index in [4.69, 9.17) is 21.1 Å². The number of nitrogens with zero attached hydrogens (tertiary/aromatic N) is 3. The molecule has 2 aliphatic heterocycles. The van der Waals surface area contributed by atoms with Gasteiger partial charge in [-0.05, 0) is 42.8 Å². The summed E-state index contributed by atoms with van der Waals surface area (Å²) in [7, 11) is 3.24. The lowest BCUT2D eigenvalue weighted by Crippen LogP contribution is -2.44. The van der Waals surface area contributed by atoms with Crippen LogP contribution in [0.25, 0.3) is 0 Å². The van der Waals surface area contributed by atoms with Gasteiger partial charge in [-0.3, -0.25) is 4.99 Å². The molecule has 3 unspecified atom stereocenters. The van der Waals surface area contributed by atoms with Gasteiger partial charge in [-0.2, -0.15) is 0 Å². The number of hydrogen-bond donors (Lipinski definition) is 2. The van der Waals surface area contributed by atoms with Gasteiger partial charge in [0.2, 0.25) is 0 Å². The zero-order valence-corrected chi connectivity index (χ0v) is 17.6. The van der Waals surface area contributed by atoms with Gasteiger partial charge in [0.15, 0.2) is 11.5 Å². The number of methoxy groups -OCH3 is 2. The normalized spacial score (nSPS) is 25.0. The van der Waals surface area contributed by atoms with Gasteiger partial charge in [0.1, 0.15) is 12.2 Å². The van der Waals surface area contributed by atoms with E-state index in [1.54, 1.807) is 44.8 Å². The Bertz CT molecular complexity index is 925. The van der Waals surface area contributed by atoms with Crippen LogP contribution in [0, 0.1) is 5.92 Å². The zero-order valence-electron chi connectivity index (χ0n) is 16.8. The summed E-state index contributed by atoms with van der Waals surface area (Å²) in [5.74, 6) is 2.26. The second-order valence-corrected chi connectivity index (χ2v) is 7.71. The highest BCUT2D eigenvalue weighted by Crippen LogP contribution is 2.30. The smallest absolute Gasteiger partial charge is 0.319 e. The number of halogens is 1. The number of hydrogen-bond acceptors (Lipinski definition) is 6. The maximum absolute atomic E-state index is 12.3. The second kappa shape index (κ2) is 8.79. The lowest BCUT2D eigenvalue weighted by atomic mass is 9.91. The monoisotopic (exact) mass is 429 g/mol. The Morgan fingerprint density at radius 3 is 2.63 bits per heavy atom. The first-order valence-electron chi connectivity index (χ1n) is 9.76. The standard InChI is InChI=1S/C21H24ClN5O3/c1-29-18-9-16-17(10-19(18)30-2)23-12-24-20(16)27-8-7-15(11-27)26-21(28)25-14-5-3-13(22)4-6-14/h3-6,9-10,12,15-17H,7-8,11H2,1-2H3,(H2,25,26,28). The summed E-state index contributed by atoms with van der Waals surface area (Å²) in [6.07, 6.45) is 6.40. The van der Waals surface area contributed by atoms with Crippen LogP contribution < -0.4 is 10.6 Å². The predicted molar refractivity (Wildman–Crippen MR) is 117 cm³/mol. The number of benzene rings is 1. The quantitative estimate of drug-likeness (QED) is 0.770. The molecule has 0 radical (unpaired) electrons. The van der Waals surface area contributed by atoms with Gasteiger partial charge in [-0.1, -0.05) is 11.6 Å². The van der Waals surface area contributed by atoms with Crippen molar-refractivity contribution in [2.24, 2.45) is 15.9 Å². The van der Waals surface area contributed by atoms with E-state index in [-0.39, 0.29) is 24.0 Å². The first kappa shape index (κ1) is 20.3. The van der Waals surface area contributed by atoms with Crippen molar-refractivity contribution in [3.63, 3.8) is 0 Å². The Balaban J connectivity index is 1.38. The fraction of sp³-hybridized carbons (Fsp3) is 0.381. The molecule has 158 valence electrons. The van der Waals surface area contributed by atoms with Crippen LogP contribution in [0.15, 0.2) is 57.9 Å². The number of rotatable bonds is 4. The molecule has 1 fully saturated rings. The van der Waals surface area contributed by atoms with Crippen LogP contribution in [0.5, 0.6) is 0 Å². The Hall–Kier alpha value is -3.00. The summed E-state index contributed by atoms with van der Waals surface area (Å²) in [4.78, 5) is 23.6. The molecule has 0 bridgehead atoms. The van der Waals surface area contributed by atoms with Crippen molar-refractivity contribution >= 4 is 35.5 Å². The third-order valence-corrected chi connectivity index (χ3v) is 5.63. The van der Waals surface area contributed by atoms with Gasteiger partial charge in [0.25, 0.3) is 0 Å². The van der Waals surface area contributed by atoms with Crippen LogP contribution in [0.1, 0.15) is 6.42 Å². The number of likely N-dealkylation sites (tertiary alicyclic amines) is 1. The summed E-state index contributed by atoms with van der Waals surface area (Å²) < 4.78 is 10.9. The van der Waals surface area contributed by atoms with Gasteiger partial charge in [0.05, 0.1) is 26.2 Å². The molecule has 0 aromatic heterocycles. The fourth-order valence-electron chi connectivity index (χ4n) is 3.90. The van der Waals surface area contributed by atoms with E-state index < -0.39 is 0 Å². The van der Waals surface area contributed by atoms with Gasteiger partial charge in [-0.25, -0.2) is 9.79 Å². The number of fused-ring (bicyclic) bond motifs is 1. The van der Waals surface area contributed by atoms with Crippen molar-refractivity contribution in [1.29, 1.82) is 0 Å². The van der Waals surface area contributed by atoms with E-state index in [9.17, 15) is 4.79 Å². The molecule has 30 heavy (non-hydrogen) atoms. The lowest BCUT2D eigenvalue weighted by Gasteiger charge is -2.33. The van der Waals surface area contributed by atoms with Crippen molar-refractivity contribution < 1.29 is 14.3 Å². The van der Waals surface area contributed by atoms with Crippen molar-refractivity contribution in [2.75, 3.05) is 32.6 Å². The van der Waals surface area contributed by atoms with E-state index >= 15 is 0 Å². The molecule has 2 amide bonds. The van der Waals surface area contributed by atoms with E-state index in [0.29, 0.717) is 28.8 Å². The molecule has 0 spiro atoms. The molecule has 1 aliphatic carbocycles. The Labute approximate surface area is 180 Å². The maximum Gasteiger partial charge on any atom is 0.319 e. The van der Waals surface area contributed by atoms with Gasteiger partial charge >= 0.3 is 6.03 Å². The van der Waals surface area contributed by atoms with E-state index in [1.165, 1.54) is 0 Å². The highest BCUT2D eigenvalue weighted by Gasteiger charge is 2.36. The molecule has 1 aromatic carbocycles. The average molecular weight is 430 g/mol. The Morgan fingerprint density at radius 2 is 1.90 bits per heavy atom. The molecule has 0 saturated carbocycles. The minimum absolute atomic E-state index is 0.0227. The SMILES string of the molecule is COC1=CC2N=CN=C(N3CCC(NC(=O)Nc4ccc(Cl)cc4)C3)C2C=C1OC. The molecule has 8 nitrogen and oxygen atoms in total. The molecule has 3 atom stereocenters. The first-order chi connectivity index (χ1) is 14.6. The number of amidine groups is 1. The minimum Gasteiger partial charge on any atom is -0.493 e. The number of amides is 2. The van der Waals surface area contributed by atoms with Crippen molar-refractivity contribution in [2.45, 2.75) is 18.5 Å². The van der Waals surface area contributed by atoms with E-state index in [1.807, 2.05) is 12.2 Å². The molecule has 2 heterocycles. The number of nitrogens with one attached hydrogen (secondary N) is 2. The van der Waals surface area contributed by atoms with Crippen LogP contribution >= 0.6 is 11.6 Å². The van der Waals surface area contributed by atoms with Crippen LogP contribution in [0.2, 0.25) is 5.02 Å². The van der Waals surface area contributed by atoms with Crippen molar-refractivity contribution in [3.8, 4) is 0 Å². The molecule has 1 aromatic rings. The first-order valence-corrected chi connectivity index (χ1v) is 10.1. The van der Waals surface area contributed by atoms with Crippen molar-refractivity contribution in [3.05, 3.63) is 53.0 Å². The summed E-state index contributed by atoms with van der Waals surface area (Å²) in [6, 6.07) is 6.73. The summed E-state index contributed by atoms with van der Waals surface area (Å²) in [5.41, 5.74) is 0.697. The maximum atomic E-state index is 12.3. The molecule has 2 N–H and O–H groups in total. The molecule has 9 heteroatoms. The number of ether oxygens (including phenoxy) is 2. The fourth-order valence-corrected chi connectivity index (χ4v) is 4.03. The van der Waals surface area contributed by atoms with Gasteiger partial charge in [-0.15, -0.1) is 0 Å². The van der Waals surface area contributed by atoms with Crippen molar-refractivity contribution in [1.82, 2.24) is 10.2 Å². The zero-order chi connectivity index (χ0) is 21.1. The lowest BCUT2D eigenvalue weighted by molar-refractivity contribution is 0.212. The summed E-state index contributed by atoms with van der Waals surface area (Å²) >= 11 is 5.88. The third kappa shape index (κ3) is 4.28. The predicted octanol–water partition coefficient (Wildman–Crippen LogP) is 3.04. The molecular formula is C21H24ClN5O3. The molecule has 1 saturated heterocycles. The second-order valence-electron chi connectivity index (χ2n) is 7.28. The molecule has 3 aliphatic rings. The largest absolute Gasteiger partial charge is 0.493 e. The highest BCUT2D eigenvalue weighted by molar-refractivity contribution is 6.30. The number of anilines is 1. The molecule has 4 rings (SSSR count). The average Bonchev–Trinajstić information content (AvgIpc) is 3.21. The highest BCUT2D eigenvalue weighted by atomic mass is 35.5. The minimum atomic E-state index is -0.235. The van der Waals surface area contributed by atoms with Crippen LogP contribution in [0.3, 0.4) is 0 Å². The topological polar surface area (TPSA) is 87.6 Å². The molecular weight excluding hydrogens is 406 g/mol. The van der Waals surface area contributed by atoms with Crippen LogP contribution in [-0.2, 0) is 9.47 Å². The number of urea groups is 1. The van der Waals surface area contributed by atoms with E-state index in [2.05, 4.69) is 25.5 Å². The third-order valence-electron chi connectivity index (χ3n) is 5.38. The van der Waals surface area contributed by atoms with Crippen LogP contribution in [0.4, 0.5) is 10.5 Å². The number of aliphatic imine (C=N–C) groups is 2. The van der Waals surface area contributed by atoms with Gasteiger partial charge in [0, 0.05) is 29.8 Å². The van der Waals surface area contributed by atoms with Crippen LogP contribution in [-0.4, -0.2) is 62.5 Å². The Morgan fingerprint density at radius 1 is 1.17 bits per heavy atom. The number of carbonyl (C=O) groups is 1. The summed E-state index contributed by atoms with van der Waals surface area (Å²) in [5, 5.41) is 6.50. The van der Waals surface area contributed by atoms with E-state index in [0.717, 1.165) is 18.8 Å². The Kier molecular flexibility index (Phi) is 5.94. The van der Waals surface area contributed by atoms with Gasteiger partial charge < -0.3 is 25.0 Å². The number of carbonyl (C=O) groups excluding carboxylic acids is 1. The summed E-state index contributed by atoms with van der Waals surface area (Å²) in [6.45, 7) is 1.49.